The third kappa shape index (κ3) is 8.43. The van der Waals surface area contributed by atoms with Crippen LogP contribution in [0.25, 0.3) is 0 Å². The van der Waals surface area contributed by atoms with Crippen LogP contribution >= 0.6 is 0 Å². The highest BCUT2D eigenvalue weighted by Crippen LogP contribution is 2.09. The number of rotatable bonds is 7. The number of carbonyl (C=O) groups is 1. The van der Waals surface area contributed by atoms with Crippen LogP contribution in [0.15, 0.2) is 60.7 Å². The lowest BCUT2D eigenvalue weighted by atomic mass is 10.1. The number of aliphatic hydroxyl groups excluding tert-OH is 1. The third-order valence-corrected chi connectivity index (χ3v) is 3.21. The Bertz CT molecular complexity index is 572. The van der Waals surface area contributed by atoms with Gasteiger partial charge in [-0.2, -0.15) is 0 Å². The maximum Gasteiger partial charge on any atom is 0.118 e. The van der Waals surface area contributed by atoms with E-state index in [0.717, 1.165) is 13.0 Å². The van der Waals surface area contributed by atoms with Crippen molar-refractivity contribution in [2.75, 3.05) is 6.61 Å². The molecule has 0 heterocycles. The summed E-state index contributed by atoms with van der Waals surface area (Å²) in [5, 5.41) is 19.1. The second-order valence-corrected chi connectivity index (χ2v) is 5.56. The van der Waals surface area contributed by atoms with Crippen molar-refractivity contribution in [1.82, 2.24) is 0 Å². The van der Waals surface area contributed by atoms with Crippen molar-refractivity contribution < 1.29 is 25.5 Å². The maximum absolute atomic E-state index is 10.1. The molecule has 2 atom stereocenters. The van der Waals surface area contributed by atoms with Crippen molar-refractivity contribution in [2.45, 2.75) is 32.1 Å². The van der Waals surface area contributed by atoms with Crippen LogP contribution in [0.4, 0.5) is 0 Å². The first kappa shape index (κ1) is 19.8. The van der Waals surface area contributed by atoms with Gasteiger partial charge in [0.1, 0.15) is 6.10 Å². The maximum atomic E-state index is 10.1. The highest BCUT2D eigenvalue weighted by atomic mass is 16.5. The van der Waals surface area contributed by atoms with Crippen molar-refractivity contribution in [2.24, 2.45) is 0 Å². The van der Waals surface area contributed by atoms with E-state index in [-0.39, 0.29) is 0 Å². The van der Waals surface area contributed by atoms with Crippen LogP contribution in [0.3, 0.4) is 0 Å². The highest BCUT2D eigenvalue weighted by Gasteiger charge is 2.05. The number of benzene rings is 2. The van der Waals surface area contributed by atoms with Gasteiger partial charge in [-0.1, -0.05) is 60.7 Å². The first-order valence-electron chi connectivity index (χ1n) is 7.89. The number of carboxylic acids is 1. The lowest BCUT2D eigenvalue weighted by Gasteiger charge is -2.10. The van der Waals surface area contributed by atoms with E-state index in [1.54, 1.807) is 18.2 Å². The molecule has 0 fully saturated rings. The minimum atomic E-state index is -1.52. The van der Waals surface area contributed by atoms with Crippen molar-refractivity contribution in [1.29, 1.82) is 0 Å². The number of aliphatic hydroxyl groups is 1. The molecule has 2 rings (SSSR count). The largest absolute Gasteiger partial charge is 0.547 e. The Morgan fingerprint density at radius 2 is 1.67 bits per heavy atom. The minimum absolute atomic E-state index is 0.340. The zero-order valence-electron chi connectivity index (χ0n) is 13.9. The minimum Gasteiger partial charge on any atom is -0.547 e. The zero-order valence-corrected chi connectivity index (χ0v) is 13.9. The molecule has 0 unspecified atom stereocenters. The summed E-state index contributed by atoms with van der Waals surface area (Å²) in [4.78, 5) is 10.1. The molecule has 0 bridgehead atoms. The van der Waals surface area contributed by atoms with Gasteiger partial charge in [-0.05, 0) is 18.1 Å². The van der Waals surface area contributed by atoms with Gasteiger partial charge in [-0.15, -0.1) is 0 Å². The molecule has 0 spiro atoms. The molecule has 0 aromatic heterocycles. The standard InChI is InChI=1S/C11H17NO.C8H8O3/c1-10(12)7-8-13-9-11-5-3-2-4-6-11;9-7(8(10)11)6-4-2-1-3-5-6/h2-6,10H,7-9,12H2,1H3;1-5,7,9H,(H,10,11)/t10-;7-/m01/s1. The number of carbonyl (C=O) groups excluding carboxylic acids is 1. The second-order valence-electron chi connectivity index (χ2n) is 5.56. The van der Waals surface area contributed by atoms with Gasteiger partial charge in [-0.25, -0.2) is 0 Å². The fourth-order valence-corrected chi connectivity index (χ4v) is 1.82. The lowest BCUT2D eigenvalue weighted by Crippen LogP contribution is -2.59. The van der Waals surface area contributed by atoms with Crippen molar-refractivity contribution in [3.05, 3.63) is 71.8 Å². The van der Waals surface area contributed by atoms with Gasteiger partial charge in [0.2, 0.25) is 0 Å². The quantitative estimate of drug-likeness (QED) is 0.730. The molecule has 5 heteroatoms. The van der Waals surface area contributed by atoms with E-state index in [1.807, 2.05) is 18.2 Å². The molecule has 5 nitrogen and oxygen atoms in total. The van der Waals surface area contributed by atoms with Crippen LogP contribution in [0, 0.1) is 0 Å². The van der Waals surface area contributed by atoms with Crippen LogP contribution in [0.5, 0.6) is 0 Å². The van der Waals surface area contributed by atoms with Gasteiger partial charge < -0.3 is 25.5 Å². The summed E-state index contributed by atoms with van der Waals surface area (Å²) in [5.41, 5.74) is 5.48. The number of carboxylic acid groups (broad SMARTS) is 1. The van der Waals surface area contributed by atoms with E-state index in [1.165, 1.54) is 17.7 Å². The van der Waals surface area contributed by atoms with E-state index in [9.17, 15) is 9.90 Å². The molecule has 2 aromatic carbocycles. The molecule has 0 aliphatic heterocycles. The summed E-state index contributed by atoms with van der Waals surface area (Å²) < 4.78 is 5.49. The summed E-state index contributed by atoms with van der Waals surface area (Å²) in [6, 6.07) is 18.8. The van der Waals surface area contributed by atoms with Gasteiger partial charge in [0.15, 0.2) is 0 Å². The molecule has 0 aliphatic carbocycles. The van der Waals surface area contributed by atoms with Crippen LogP contribution in [-0.4, -0.2) is 23.7 Å². The molecule has 130 valence electrons. The van der Waals surface area contributed by atoms with E-state index >= 15 is 0 Å². The summed E-state index contributed by atoms with van der Waals surface area (Å²) in [6.45, 7) is 3.62. The molecule has 24 heavy (non-hydrogen) atoms. The fourth-order valence-electron chi connectivity index (χ4n) is 1.82. The molecular formula is C19H25NO4. The Labute approximate surface area is 142 Å². The number of hydrogen-bond donors (Lipinski definition) is 2. The monoisotopic (exact) mass is 331 g/mol. The first-order valence-corrected chi connectivity index (χ1v) is 7.89. The van der Waals surface area contributed by atoms with Crippen molar-refractivity contribution in [3.63, 3.8) is 0 Å². The predicted octanol–water partition coefficient (Wildman–Crippen LogP) is 0.694. The van der Waals surface area contributed by atoms with E-state index in [0.29, 0.717) is 18.2 Å². The van der Waals surface area contributed by atoms with E-state index < -0.39 is 12.1 Å². The number of hydrogen-bond acceptors (Lipinski definition) is 4. The number of quaternary nitrogens is 1. The summed E-state index contributed by atoms with van der Waals surface area (Å²) in [5.74, 6) is -1.48. The van der Waals surface area contributed by atoms with Crippen LogP contribution in [-0.2, 0) is 16.1 Å². The van der Waals surface area contributed by atoms with Gasteiger partial charge >= 0.3 is 0 Å². The van der Waals surface area contributed by atoms with Crippen LogP contribution in [0.2, 0.25) is 0 Å². The first-order chi connectivity index (χ1) is 11.5. The summed E-state index contributed by atoms with van der Waals surface area (Å²) >= 11 is 0. The molecule has 0 amide bonds. The average molecular weight is 331 g/mol. The van der Waals surface area contributed by atoms with Gasteiger partial charge in [0, 0.05) is 6.42 Å². The lowest BCUT2D eigenvalue weighted by molar-refractivity contribution is -0.416. The molecule has 0 saturated heterocycles. The van der Waals surface area contributed by atoms with E-state index in [2.05, 4.69) is 24.8 Å². The zero-order chi connectivity index (χ0) is 17.8. The fraction of sp³-hybridized carbons (Fsp3) is 0.316. The van der Waals surface area contributed by atoms with Gasteiger partial charge in [0.25, 0.3) is 0 Å². The van der Waals surface area contributed by atoms with Gasteiger partial charge in [0.05, 0.1) is 25.2 Å². The Hall–Kier alpha value is -2.21. The topological polar surface area (TPSA) is 97.2 Å². The molecular weight excluding hydrogens is 306 g/mol. The van der Waals surface area contributed by atoms with Crippen molar-refractivity contribution in [3.8, 4) is 0 Å². The third-order valence-electron chi connectivity index (χ3n) is 3.21. The molecule has 2 aromatic rings. The number of aliphatic carboxylic acids is 1. The number of ether oxygens (including phenoxy) is 1. The second kappa shape index (κ2) is 11.3. The molecule has 0 radical (unpaired) electrons. The van der Waals surface area contributed by atoms with Gasteiger partial charge in [-0.3, -0.25) is 0 Å². The normalized spacial score (nSPS) is 12.6. The smallest absolute Gasteiger partial charge is 0.118 e. The Morgan fingerprint density at radius 3 is 2.17 bits per heavy atom. The molecule has 0 aliphatic rings. The highest BCUT2D eigenvalue weighted by molar-refractivity contribution is 5.71. The molecule has 4 N–H and O–H groups in total. The summed E-state index contributed by atoms with van der Waals surface area (Å²) in [6.07, 6.45) is -0.483. The predicted molar refractivity (Wildman–Crippen MR) is 89.5 cm³/mol. The molecule has 0 saturated carbocycles. The van der Waals surface area contributed by atoms with Crippen LogP contribution < -0.4 is 10.8 Å². The summed E-state index contributed by atoms with van der Waals surface area (Å²) in [7, 11) is 0. The Kier molecular flexibility index (Phi) is 9.38. The average Bonchev–Trinajstić information content (AvgIpc) is 2.60. The Balaban J connectivity index is 0.000000243. The van der Waals surface area contributed by atoms with Crippen LogP contribution in [0.1, 0.15) is 30.6 Å². The van der Waals surface area contributed by atoms with Crippen molar-refractivity contribution >= 4 is 5.97 Å². The SMILES string of the molecule is C[C@H]([NH3+])CCOCc1ccccc1.O=C([O-])[C@H](O)c1ccccc1. The Morgan fingerprint density at radius 1 is 1.12 bits per heavy atom. The van der Waals surface area contributed by atoms with E-state index in [4.69, 9.17) is 9.84 Å².